The van der Waals surface area contributed by atoms with Crippen LogP contribution in [0.15, 0.2) is 194 Å². The summed E-state index contributed by atoms with van der Waals surface area (Å²) in [6.07, 6.45) is 31.4. The first-order valence-corrected chi connectivity index (χ1v) is 39.0. The molecule has 2 N–H and O–H groups in total. The van der Waals surface area contributed by atoms with Crippen LogP contribution in [0.5, 0.6) is 0 Å². The summed E-state index contributed by atoms with van der Waals surface area (Å²) in [5.74, 6) is 4.98. The number of unbranched alkanes of at least 4 members (excludes halogenated alkanes) is 21. The Balaban J connectivity index is 0.000000168. The minimum atomic E-state index is 0. The molecule has 0 aliphatic carbocycles. The largest absolute Gasteiger partial charge is 1.00 e. The second-order valence-corrected chi connectivity index (χ2v) is 28.5. The fourth-order valence-electron chi connectivity index (χ4n) is 15.5. The van der Waals surface area contributed by atoms with Gasteiger partial charge in [0, 0.05) is 61.6 Å². The van der Waals surface area contributed by atoms with Gasteiger partial charge in [-0.2, -0.15) is 0 Å². The molecule has 546 valence electrons. The molecule has 0 amide bonds. The molecule has 14 rings (SSSR count). The highest BCUT2D eigenvalue weighted by atomic mass is 127. The van der Waals surface area contributed by atoms with E-state index in [9.17, 15) is 0 Å². The van der Waals surface area contributed by atoms with Crippen LogP contribution in [0.25, 0.3) is 87.7 Å². The zero-order chi connectivity index (χ0) is 70.2. The fourth-order valence-corrected chi connectivity index (χ4v) is 15.5. The van der Waals surface area contributed by atoms with Gasteiger partial charge in [0.2, 0.25) is 0 Å². The average Bonchev–Trinajstić information content (AvgIpc) is 1.29. The van der Waals surface area contributed by atoms with Crippen molar-refractivity contribution in [3.63, 3.8) is 0 Å². The van der Waals surface area contributed by atoms with Gasteiger partial charge in [0.05, 0.1) is 82.7 Å². The van der Waals surface area contributed by atoms with E-state index in [1.54, 1.807) is 0 Å². The number of aryl methyl sites for hydroxylation is 8. The Morgan fingerprint density at radius 1 is 0.260 bits per heavy atom. The van der Waals surface area contributed by atoms with Crippen molar-refractivity contribution in [3.05, 3.63) is 217 Å². The summed E-state index contributed by atoms with van der Waals surface area (Å²) in [6, 6.07) is 68.2. The van der Waals surface area contributed by atoms with E-state index in [0.29, 0.717) is 0 Å². The van der Waals surface area contributed by atoms with Crippen LogP contribution >= 0.6 is 0 Å². The molecule has 12 nitrogen and oxygen atoms in total. The SMILES string of the molecule is Cc1n(CCCCCCCCCCn2c(C)[n+](C)c3ccccc32)c2ccccc2[n+]1C.Cc1nc2ccccc2n1CCCCCCCCCCn1c(C)nc2ccccc21.[I-].[I-].c1ccc2c(NCCCCCCCCCCNc3c4ccccc4nc4ccccc34)c3ccccc3nc2c1. The minimum absolute atomic E-state index is 0. The summed E-state index contributed by atoms with van der Waals surface area (Å²) < 4.78 is 14.3. The van der Waals surface area contributed by atoms with Crippen LogP contribution in [-0.4, -0.2) is 51.3 Å². The smallest absolute Gasteiger partial charge is 0.253 e. The van der Waals surface area contributed by atoms with Crippen LogP contribution in [0.2, 0.25) is 0 Å². The van der Waals surface area contributed by atoms with Crippen molar-refractivity contribution in [1.29, 1.82) is 0 Å². The molecule has 0 unspecified atom stereocenters. The van der Waals surface area contributed by atoms with E-state index in [0.717, 1.165) is 84.0 Å². The van der Waals surface area contributed by atoms with Crippen LogP contribution in [0.4, 0.5) is 11.4 Å². The molecule has 0 bridgehead atoms. The lowest BCUT2D eigenvalue weighted by Crippen LogP contribution is -3.00. The maximum Gasteiger partial charge on any atom is 0.253 e. The maximum atomic E-state index is 4.84. The molecule has 104 heavy (non-hydrogen) atoms. The second kappa shape index (κ2) is 40.5. The van der Waals surface area contributed by atoms with Crippen molar-refractivity contribution in [3.8, 4) is 0 Å². The lowest BCUT2D eigenvalue weighted by atomic mass is 10.1. The fraction of sp³-hybridized carbons (Fsp3) is 0.400. The Hall–Kier alpha value is -7.96. The third kappa shape index (κ3) is 20.1. The Labute approximate surface area is 652 Å². The first-order chi connectivity index (χ1) is 50.2. The summed E-state index contributed by atoms with van der Waals surface area (Å²) in [6.45, 7) is 15.2. The van der Waals surface area contributed by atoms with Gasteiger partial charge in [-0.1, -0.05) is 224 Å². The van der Waals surface area contributed by atoms with Crippen molar-refractivity contribution in [1.82, 2.24) is 38.2 Å². The van der Waals surface area contributed by atoms with Gasteiger partial charge in [0.25, 0.3) is 11.6 Å². The van der Waals surface area contributed by atoms with Crippen LogP contribution < -0.4 is 67.7 Å². The highest BCUT2D eigenvalue weighted by Crippen LogP contribution is 2.33. The number of nitrogens with zero attached hydrogens (tertiary/aromatic N) is 10. The summed E-state index contributed by atoms with van der Waals surface area (Å²) in [5, 5.41) is 12.3. The van der Waals surface area contributed by atoms with E-state index >= 15 is 0 Å². The van der Waals surface area contributed by atoms with Crippen LogP contribution in [0.1, 0.15) is 177 Å². The molecule has 0 aliphatic heterocycles. The molecule has 0 saturated heterocycles. The summed E-state index contributed by atoms with van der Waals surface area (Å²) in [7, 11) is 4.35. The normalized spacial score (nSPS) is 11.4. The summed E-state index contributed by atoms with van der Waals surface area (Å²) in [4.78, 5) is 19.0. The van der Waals surface area contributed by atoms with Gasteiger partial charge in [-0.3, -0.25) is 0 Å². The van der Waals surface area contributed by atoms with Gasteiger partial charge in [0.1, 0.15) is 11.6 Å². The van der Waals surface area contributed by atoms with Crippen molar-refractivity contribution in [2.45, 2.75) is 208 Å². The molecule has 0 aliphatic rings. The van der Waals surface area contributed by atoms with E-state index in [4.69, 9.17) is 9.97 Å². The van der Waals surface area contributed by atoms with Gasteiger partial charge in [-0.15, -0.1) is 0 Å². The van der Waals surface area contributed by atoms with Gasteiger partial charge in [0.15, 0.2) is 22.1 Å². The third-order valence-electron chi connectivity index (χ3n) is 21.4. The van der Waals surface area contributed by atoms with Crippen LogP contribution in [0.3, 0.4) is 0 Å². The molecule has 6 aromatic heterocycles. The van der Waals surface area contributed by atoms with Crippen molar-refractivity contribution >= 4 is 99.1 Å². The van der Waals surface area contributed by atoms with E-state index < -0.39 is 0 Å². The number of halogens is 2. The van der Waals surface area contributed by atoms with Crippen LogP contribution in [0, 0.1) is 27.7 Å². The number of anilines is 2. The molecular formula is C90H112I2N12. The van der Waals surface area contributed by atoms with Gasteiger partial charge in [-0.25, -0.2) is 38.2 Å². The number of para-hydroxylation sites is 12. The van der Waals surface area contributed by atoms with E-state index in [2.05, 4.69) is 284 Å². The Morgan fingerprint density at radius 3 is 0.817 bits per heavy atom. The van der Waals surface area contributed by atoms with E-state index in [1.165, 1.54) is 232 Å². The summed E-state index contributed by atoms with van der Waals surface area (Å²) in [5.41, 5.74) is 16.9. The molecular weight excluding hydrogens is 1500 g/mol. The zero-order valence-corrected chi connectivity index (χ0v) is 67.2. The monoisotopic (exact) mass is 1610 g/mol. The first kappa shape index (κ1) is 78.6. The highest BCUT2D eigenvalue weighted by molar-refractivity contribution is 6.08. The second-order valence-electron chi connectivity index (χ2n) is 28.5. The number of benzene rings is 8. The van der Waals surface area contributed by atoms with Crippen LogP contribution in [-0.2, 0) is 40.3 Å². The van der Waals surface area contributed by atoms with Crippen molar-refractivity contribution < 1.29 is 57.1 Å². The lowest BCUT2D eigenvalue weighted by molar-refractivity contribution is -0.652. The lowest BCUT2D eigenvalue weighted by Gasteiger charge is -2.13. The standard InChI is InChI=1S/C36H38N4.C28H40N4.C26H34N4.2HI/c1(3-5-15-25-37-35-27-17-7-11-21-31(27)39-32-22-12-8-18-28(32)35)2-4-6-16-26-38-36-29-19-9-13-23-33(29)40-34-24-14-10-20-30(34)36;1-23-29(3)25-17-11-13-19-27(25)31(23)21-15-9-7-5-6-8-10-16-22-32-24(2)30(4)26-18-12-14-20-28(26)32;1-21-27-23-15-9-11-17-25(23)29(21)19-13-7-5-3-4-6-8-14-20-30-22(2)28-24-16-10-12-18-26(24)30;;/h7-14,17-24H,1-6,15-16,25-26H2,(H,37,39)(H,38,40);11-14,17-20H,5-10,15-16,21-22H2,1-4H3;9-12,15-18H,3-8,13-14,19-20H2,1-2H3;2*1H/q;+2;;;/p-2. The number of hydrogen-bond donors (Lipinski definition) is 2. The first-order valence-electron chi connectivity index (χ1n) is 39.0. The maximum absolute atomic E-state index is 4.84. The van der Waals surface area contributed by atoms with E-state index in [1.807, 2.05) is 0 Å². The number of fused-ring (bicyclic) bond motifs is 8. The molecule has 0 fully saturated rings. The van der Waals surface area contributed by atoms with E-state index in [-0.39, 0.29) is 48.0 Å². The topological polar surface area (TPSA) is 103 Å². The van der Waals surface area contributed by atoms with Crippen molar-refractivity contribution in [2.24, 2.45) is 14.1 Å². The molecule has 6 heterocycles. The highest BCUT2D eigenvalue weighted by Gasteiger charge is 2.20. The number of imidazole rings is 4. The number of rotatable bonds is 35. The van der Waals surface area contributed by atoms with Gasteiger partial charge < -0.3 is 67.7 Å². The predicted molar refractivity (Wildman–Crippen MR) is 431 cm³/mol. The molecule has 8 aromatic carbocycles. The molecule has 0 radical (unpaired) electrons. The molecule has 14 aromatic rings. The number of aromatic nitrogens is 10. The molecule has 14 heteroatoms. The van der Waals surface area contributed by atoms with Gasteiger partial charge >= 0.3 is 0 Å². The number of hydrogen-bond acceptors (Lipinski definition) is 6. The Bertz CT molecular complexity index is 4560. The minimum Gasteiger partial charge on any atom is -1.00 e. The Kier molecular flexibility index (Phi) is 30.6. The Morgan fingerprint density at radius 2 is 0.500 bits per heavy atom. The van der Waals surface area contributed by atoms with Gasteiger partial charge in [-0.05, 0) is 138 Å². The number of nitrogens with one attached hydrogen (secondary N) is 2. The quantitative estimate of drug-likeness (QED) is 0.0178. The average molecular weight is 1620 g/mol. The number of pyridine rings is 2. The predicted octanol–water partition coefficient (Wildman–Crippen LogP) is 16.2. The third-order valence-corrected chi connectivity index (χ3v) is 21.4. The summed E-state index contributed by atoms with van der Waals surface area (Å²) >= 11 is 0. The molecule has 0 spiro atoms. The molecule has 0 atom stereocenters. The molecule has 0 saturated carbocycles. The zero-order valence-electron chi connectivity index (χ0n) is 62.9. The van der Waals surface area contributed by atoms with Crippen molar-refractivity contribution in [2.75, 3.05) is 23.7 Å².